The number of hydrogen-bond acceptors (Lipinski definition) is 3. The molecule has 0 aliphatic rings. The molecule has 142 valence electrons. The van der Waals surface area contributed by atoms with Crippen LogP contribution in [0.2, 0.25) is 0 Å². The molecule has 27 heavy (non-hydrogen) atoms. The highest BCUT2D eigenvalue weighted by Gasteiger charge is 2.18. The molecule has 0 spiro atoms. The fourth-order valence-corrected chi connectivity index (χ4v) is 3.48. The van der Waals surface area contributed by atoms with Gasteiger partial charge in [0.1, 0.15) is 5.75 Å². The van der Waals surface area contributed by atoms with Crippen LogP contribution in [0.25, 0.3) is 21.9 Å². The second-order valence-corrected chi connectivity index (χ2v) is 7.26. The fourth-order valence-electron chi connectivity index (χ4n) is 3.48. The molecule has 2 N–H and O–H groups in total. The van der Waals surface area contributed by atoms with Crippen LogP contribution in [0.3, 0.4) is 0 Å². The summed E-state index contributed by atoms with van der Waals surface area (Å²) in [6.45, 7) is 7.91. The Balaban J connectivity index is 2.37. The highest BCUT2D eigenvalue weighted by molar-refractivity contribution is 5.98. The van der Waals surface area contributed by atoms with E-state index in [1.165, 1.54) is 0 Å². The van der Waals surface area contributed by atoms with Crippen LogP contribution in [-0.4, -0.2) is 11.2 Å². The maximum atomic E-state index is 13.2. The zero-order valence-electron chi connectivity index (χ0n) is 16.4. The maximum Gasteiger partial charge on any atom is 0.258 e. The Morgan fingerprint density at radius 2 is 1.81 bits per heavy atom. The molecule has 0 fully saturated rings. The number of ether oxygens (including phenoxy) is 1. The highest BCUT2D eigenvalue weighted by atomic mass is 16.5. The smallest absolute Gasteiger partial charge is 0.258 e. The van der Waals surface area contributed by atoms with E-state index in [0.717, 1.165) is 34.4 Å². The van der Waals surface area contributed by atoms with Crippen molar-refractivity contribution in [1.29, 1.82) is 0 Å². The molecule has 0 aliphatic carbocycles. The summed E-state index contributed by atoms with van der Waals surface area (Å²) in [4.78, 5) is 13.2. The van der Waals surface area contributed by atoms with Crippen LogP contribution in [0.1, 0.15) is 32.9 Å². The summed E-state index contributed by atoms with van der Waals surface area (Å²) in [6, 6.07) is 15.9. The summed E-state index contributed by atoms with van der Waals surface area (Å²) >= 11 is 0. The Morgan fingerprint density at radius 1 is 1.07 bits per heavy atom. The number of benzene rings is 2. The van der Waals surface area contributed by atoms with Gasteiger partial charge in [-0.1, -0.05) is 51.1 Å². The minimum Gasteiger partial charge on any atom is -0.494 e. The Labute approximate surface area is 160 Å². The van der Waals surface area contributed by atoms with Crippen molar-refractivity contribution in [3.8, 4) is 16.9 Å². The molecule has 0 aliphatic heterocycles. The molecule has 0 saturated heterocycles. The van der Waals surface area contributed by atoms with Crippen molar-refractivity contribution in [2.45, 2.75) is 40.3 Å². The standard InChI is InChI=1S/C23H28N2O2/c1-4-12-27-18-10-11-19-20(13-18)22(17-8-6-5-7-9-17)21(14-24)25(23(19)26)15-16(2)3/h5-11,13,16H,4,12,14-15,24H2,1-3H3. The lowest BCUT2D eigenvalue weighted by molar-refractivity contribution is 0.318. The van der Waals surface area contributed by atoms with E-state index in [9.17, 15) is 4.79 Å². The van der Waals surface area contributed by atoms with Gasteiger partial charge in [0.25, 0.3) is 5.56 Å². The van der Waals surface area contributed by atoms with Gasteiger partial charge in [0.05, 0.1) is 6.61 Å². The third-order valence-electron chi connectivity index (χ3n) is 4.63. The maximum absolute atomic E-state index is 13.2. The van der Waals surface area contributed by atoms with Gasteiger partial charge in [-0.3, -0.25) is 4.79 Å². The summed E-state index contributed by atoms with van der Waals surface area (Å²) in [6.07, 6.45) is 0.938. The molecule has 4 heteroatoms. The lowest BCUT2D eigenvalue weighted by Gasteiger charge is -2.21. The van der Waals surface area contributed by atoms with E-state index < -0.39 is 0 Å². The summed E-state index contributed by atoms with van der Waals surface area (Å²) in [5, 5.41) is 1.61. The Bertz CT molecular complexity index is 975. The van der Waals surface area contributed by atoms with Crippen LogP contribution in [0.4, 0.5) is 0 Å². The Kier molecular flexibility index (Phi) is 5.97. The van der Waals surface area contributed by atoms with Crippen molar-refractivity contribution >= 4 is 10.8 Å². The average Bonchev–Trinajstić information content (AvgIpc) is 2.68. The van der Waals surface area contributed by atoms with Gasteiger partial charge in [-0.15, -0.1) is 0 Å². The van der Waals surface area contributed by atoms with Gasteiger partial charge in [0, 0.05) is 35.1 Å². The van der Waals surface area contributed by atoms with Crippen LogP contribution in [0.15, 0.2) is 53.3 Å². The summed E-state index contributed by atoms with van der Waals surface area (Å²) < 4.78 is 7.67. The van der Waals surface area contributed by atoms with Crippen molar-refractivity contribution in [3.05, 3.63) is 64.6 Å². The van der Waals surface area contributed by atoms with Gasteiger partial charge >= 0.3 is 0 Å². The molecule has 3 aromatic rings. The molecule has 1 aromatic heterocycles. The Hall–Kier alpha value is -2.59. The van der Waals surface area contributed by atoms with Gasteiger partial charge < -0.3 is 15.0 Å². The second kappa shape index (κ2) is 8.40. The molecular weight excluding hydrogens is 336 g/mol. The number of nitrogens with two attached hydrogens (primary N) is 1. The first-order valence-electron chi connectivity index (χ1n) is 9.64. The first-order chi connectivity index (χ1) is 13.1. The number of aromatic nitrogens is 1. The van der Waals surface area contributed by atoms with E-state index in [1.54, 1.807) is 0 Å². The molecule has 0 unspecified atom stereocenters. The van der Waals surface area contributed by atoms with Crippen LogP contribution in [0.5, 0.6) is 5.75 Å². The van der Waals surface area contributed by atoms with Crippen molar-refractivity contribution in [2.75, 3.05) is 6.61 Å². The van der Waals surface area contributed by atoms with Crippen molar-refractivity contribution < 1.29 is 4.74 Å². The normalized spacial score (nSPS) is 11.3. The van der Waals surface area contributed by atoms with E-state index in [-0.39, 0.29) is 5.56 Å². The molecule has 0 bridgehead atoms. The molecule has 4 nitrogen and oxygen atoms in total. The van der Waals surface area contributed by atoms with E-state index >= 15 is 0 Å². The lowest BCUT2D eigenvalue weighted by Crippen LogP contribution is -2.28. The number of rotatable bonds is 7. The third-order valence-corrected chi connectivity index (χ3v) is 4.63. The quantitative estimate of drug-likeness (QED) is 0.668. The highest BCUT2D eigenvalue weighted by Crippen LogP contribution is 2.33. The second-order valence-electron chi connectivity index (χ2n) is 7.26. The predicted octanol–water partition coefficient (Wildman–Crippen LogP) is 4.57. The van der Waals surface area contributed by atoms with E-state index in [0.29, 0.717) is 31.0 Å². The zero-order valence-corrected chi connectivity index (χ0v) is 16.4. The van der Waals surface area contributed by atoms with Crippen molar-refractivity contribution in [2.24, 2.45) is 11.7 Å². The molecule has 0 saturated carbocycles. The van der Waals surface area contributed by atoms with Gasteiger partial charge in [0.2, 0.25) is 0 Å². The number of hydrogen-bond donors (Lipinski definition) is 1. The van der Waals surface area contributed by atoms with Crippen LogP contribution >= 0.6 is 0 Å². The minimum absolute atomic E-state index is 0.0147. The monoisotopic (exact) mass is 364 g/mol. The third kappa shape index (κ3) is 3.91. The van der Waals surface area contributed by atoms with Crippen molar-refractivity contribution in [1.82, 2.24) is 4.57 Å². The largest absolute Gasteiger partial charge is 0.494 e. The molecular formula is C23H28N2O2. The SMILES string of the molecule is CCCOc1ccc2c(=O)n(CC(C)C)c(CN)c(-c3ccccc3)c2c1. The first kappa shape index (κ1) is 19.2. The molecule has 2 aromatic carbocycles. The van der Waals surface area contributed by atoms with Crippen molar-refractivity contribution in [3.63, 3.8) is 0 Å². The number of pyridine rings is 1. The molecule has 0 atom stereocenters. The van der Waals surface area contributed by atoms with E-state index in [4.69, 9.17) is 10.5 Å². The first-order valence-corrected chi connectivity index (χ1v) is 9.64. The summed E-state index contributed by atoms with van der Waals surface area (Å²) in [5.74, 6) is 1.13. The summed E-state index contributed by atoms with van der Waals surface area (Å²) in [5.41, 5.74) is 9.13. The van der Waals surface area contributed by atoms with Crippen LogP contribution in [-0.2, 0) is 13.1 Å². The van der Waals surface area contributed by atoms with Gasteiger partial charge in [0.15, 0.2) is 0 Å². The van der Waals surface area contributed by atoms with Gasteiger partial charge in [-0.2, -0.15) is 0 Å². The van der Waals surface area contributed by atoms with Crippen LogP contribution < -0.4 is 16.0 Å². The zero-order chi connectivity index (χ0) is 19.4. The lowest BCUT2D eigenvalue weighted by atomic mass is 9.96. The minimum atomic E-state index is 0.0147. The van der Waals surface area contributed by atoms with E-state index in [1.807, 2.05) is 41.0 Å². The topological polar surface area (TPSA) is 57.2 Å². The fraction of sp³-hybridized carbons (Fsp3) is 0.348. The summed E-state index contributed by atoms with van der Waals surface area (Å²) in [7, 11) is 0. The number of nitrogens with zero attached hydrogens (tertiary/aromatic N) is 1. The average molecular weight is 364 g/mol. The number of fused-ring (bicyclic) bond motifs is 1. The molecule has 1 heterocycles. The predicted molar refractivity (Wildman–Crippen MR) is 112 cm³/mol. The molecule has 0 amide bonds. The molecule has 3 rings (SSSR count). The molecule has 0 radical (unpaired) electrons. The Morgan fingerprint density at radius 3 is 2.44 bits per heavy atom. The van der Waals surface area contributed by atoms with E-state index in [2.05, 4.69) is 32.9 Å². The van der Waals surface area contributed by atoms with Crippen LogP contribution in [0, 0.1) is 5.92 Å². The van der Waals surface area contributed by atoms with Gasteiger partial charge in [-0.25, -0.2) is 0 Å². The van der Waals surface area contributed by atoms with Gasteiger partial charge in [-0.05, 0) is 36.1 Å².